The van der Waals surface area contributed by atoms with Crippen molar-refractivity contribution >= 4 is 5.69 Å². The van der Waals surface area contributed by atoms with Crippen LogP contribution in [0, 0.1) is 0 Å². The summed E-state index contributed by atoms with van der Waals surface area (Å²) in [6, 6.07) is 9.56. The predicted octanol–water partition coefficient (Wildman–Crippen LogP) is 4.13. The fourth-order valence-electron chi connectivity index (χ4n) is 3.01. The summed E-state index contributed by atoms with van der Waals surface area (Å²) in [5, 5.41) is 3.54. The summed E-state index contributed by atoms with van der Waals surface area (Å²) in [6.07, 6.45) is 3.79. The van der Waals surface area contributed by atoms with Gasteiger partial charge in [0, 0.05) is 23.8 Å². The second kappa shape index (κ2) is 5.96. The number of rotatable bonds is 5. The van der Waals surface area contributed by atoms with Crippen molar-refractivity contribution < 1.29 is 0 Å². The fraction of sp³-hybridized carbons (Fsp3) is 0.647. The molecule has 1 aliphatic rings. The van der Waals surface area contributed by atoms with Crippen LogP contribution in [0.15, 0.2) is 24.3 Å². The van der Waals surface area contributed by atoms with Gasteiger partial charge in [-0.15, -0.1) is 0 Å². The molecule has 1 aromatic rings. The van der Waals surface area contributed by atoms with E-state index in [9.17, 15) is 0 Å². The first kappa shape index (κ1) is 14.4. The molecule has 1 saturated heterocycles. The summed E-state index contributed by atoms with van der Waals surface area (Å²) in [5.41, 5.74) is 3.07. The van der Waals surface area contributed by atoms with Gasteiger partial charge in [0.1, 0.15) is 0 Å². The molecule has 0 amide bonds. The first-order valence-electron chi connectivity index (χ1n) is 7.65. The third-order valence-corrected chi connectivity index (χ3v) is 4.31. The van der Waals surface area contributed by atoms with Gasteiger partial charge in [0.15, 0.2) is 0 Å². The summed E-state index contributed by atoms with van der Waals surface area (Å²) in [4.78, 5) is 2.54. The third-order valence-electron chi connectivity index (χ3n) is 4.31. The molecular formula is C17H28N2. The highest BCUT2D eigenvalue weighted by Crippen LogP contribution is 2.33. The summed E-state index contributed by atoms with van der Waals surface area (Å²) >= 11 is 0. The van der Waals surface area contributed by atoms with Crippen molar-refractivity contribution in [1.82, 2.24) is 5.32 Å². The van der Waals surface area contributed by atoms with Crippen LogP contribution in [0.2, 0.25) is 0 Å². The number of hydrogen-bond donors (Lipinski definition) is 1. The normalized spacial score (nSPS) is 19.7. The molecule has 1 unspecified atom stereocenters. The lowest BCUT2D eigenvalue weighted by Crippen LogP contribution is -2.38. The van der Waals surface area contributed by atoms with E-state index in [0.717, 1.165) is 6.54 Å². The van der Waals surface area contributed by atoms with Gasteiger partial charge in [0.2, 0.25) is 0 Å². The van der Waals surface area contributed by atoms with Crippen LogP contribution in [0.1, 0.15) is 58.6 Å². The Morgan fingerprint density at radius 1 is 1.26 bits per heavy atom. The molecule has 1 N–H and O–H groups in total. The molecule has 2 heteroatoms. The van der Waals surface area contributed by atoms with E-state index in [1.54, 1.807) is 0 Å². The maximum Gasteiger partial charge on any atom is 0.0370 e. The average Bonchev–Trinajstić information content (AvgIpc) is 2.76. The van der Waals surface area contributed by atoms with Crippen LogP contribution in [0.5, 0.6) is 0 Å². The second-order valence-corrected chi connectivity index (χ2v) is 6.33. The zero-order chi connectivity index (χ0) is 13.9. The lowest BCUT2D eigenvalue weighted by Gasteiger charge is -2.34. The smallest absolute Gasteiger partial charge is 0.0370 e. The van der Waals surface area contributed by atoms with Gasteiger partial charge in [-0.3, -0.25) is 0 Å². The molecule has 1 aliphatic heterocycles. The van der Waals surface area contributed by atoms with E-state index >= 15 is 0 Å². The molecular weight excluding hydrogens is 232 g/mol. The van der Waals surface area contributed by atoms with Gasteiger partial charge in [-0.25, -0.2) is 0 Å². The Morgan fingerprint density at radius 3 is 2.47 bits per heavy atom. The van der Waals surface area contributed by atoms with Gasteiger partial charge >= 0.3 is 0 Å². The second-order valence-electron chi connectivity index (χ2n) is 6.33. The molecule has 0 spiro atoms. The Labute approximate surface area is 118 Å². The maximum absolute atomic E-state index is 3.54. The van der Waals surface area contributed by atoms with Crippen molar-refractivity contribution in [2.45, 2.75) is 58.5 Å². The van der Waals surface area contributed by atoms with E-state index in [1.165, 1.54) is 37.1 Å². The SMILES string of the molecule is CCCNC(C)c1ccc(N2CCCC2(C)C)cc1. The van der Waals surface area contributed by atoms with Crippen molar-refractivity contribution in [2.24, 2.45) is 0 Å². The van der Waals surface area contributed by atoms with Crippen LogP contribution in [0.3, 0.4) is 0 Å². The summed E-state index contributed by atoms with van der Waals surface area (Å²) in [6.45, 7) is 11.4. The molecule has 0 aromatic heterocycles. The predicted molar refractivity (Wildman–Crippen MR) is 83.8 cm³/mol. The van der Waals surface area contributed by atoms with Crippen LogP contribution < -0.4 is 10.2 Å². The van der Waals surface area contributed by atoms with Gasteiger partial charge in [0.25, 0.3) is 0 Å². The minimum Gasteiger partial charge on any atom is -0.366 e. The zero-order valence-electron chi connectivity index (χ0n) is 12.9. The summed E-state index contributed by atoms with van der Waals surface area (Å²) in [7, 11) is 0. The molecule has 2 nitrogen and oxygen atoms in total. The molecule has 1 heterocycles. The third kappa shape index (κ3) is 3.30. The van der Waals surface area contributed by atoms with Crippen molar-refractivity contribution in [3.63, 3.8) is 0 Å². The molecule has 0 bridgehead atoms. The average molecular weight is 260 g/mol. The van der Waals surface area contributed by atoms with Gasteiger partial charge in [-0.2, -0.15) is 0 Å². The Morgan fingerprint density at radius 2 is 1.95 bits per heavy atom. The lowest BCUT2D eigenvalue weighted by molar-refractivity contribution is 0.517. The number of nitrogens with one attached hydrogen (secondary N) is 1. The number of benzene rings is 1. The maximum atomic E-state index is 3.54. The highest BCUT2D eigenvalue weighted by molar-refractivity contribution is 5.51. The molecule has 1 aromatic carbocycles. The lowest BCUT2D eigenvalue weighted by atomic mass is 10.0. The Bertz CT molecular complexity index is 394. The first-order valence-corrected chi connectivity index (χ1v) is 7.65. The zero-order valence-corrected chi connectivity index (χ0v) is 12.9. The van der Waals surface area contributed by atoms with Crippen molar-refractivity contribution in [3.8, 4) is 0 Å². The van der Waals surface area contributed by atoms with Gasteiger partial charge in [-0.1, -0.05) is 19.1 Å². The van der Waals surface area contributed by atoms with Gasteiger partial charge in [0.05, 0.1) is 0 Å². The number of hydrogen-bond acceptors (Lipinski definition) is 2. The van der Waals surface area contributed by atoms with E-state index in [1.807, 2.05) is 0 Å². The van der Waals surface area contributed by atoms with Crippen LogP contribution >= 0.6 is 0 Å². The van der Waals surface area contributed by atoms with E-state index in [2.05, 4.69) is 62.2 Å². The number of nitrogens with zero attached hydrogens (tertiary/aromatic N) is 1. The van der Waals surface area contributed by atoms with Crippen LogP contribution in [-0.4, -0.2) is 18.6 Å². The summed E-state index contributed by atoms with van der Waals surface area (Å²) in [5.74, 6) is 0. The quantitative estimate of drug-likeness (QED) is 0.856. The Kier molecular flexibility index (Phi) is 4.51. The minimum absolute atomic E-state index is 0.313. The van der Waals surface area contributed by atoms with Gasteiger partial charge < -0.3 is 10.2 Å². The van der Waals surface area contributed by atoms with E-state index in [-0.39, 0.29) is 0 Å². The highest BCUT2D eigenvalue weighted by atomic mass is 15.2. The Hall–Kier alpha value is -1.02. The monoisotopic (exact) mass is 260 g/mol. The first-order chi connectivity index (χ1) is 9.04. The number of anilines is 1. The molecule has 2 rings (SSSR count). The van der Waals surface area contributed by atoms with Crippen molar-refractivity contribution in [3.05, 3.63) is 29.8 Å². The van der Waals surface area contributed by atoms with Crippen LogP contribution in [0.25, 0.3) is 0 Å². The Balaban J connectivity index is 2.06. The highest BCUT2D eigenvalue weighted by Gasteiger charge is 2.31. The molecule has 19 heavy (non-hydrogen) atoms. The minimum atomic E-state index is 0.313. The van der Waals surface area contributed by atoms with Crippen molar-refractivity contribution in [1.29, 1.82) is 0 Å². The van der Waals surface area contributed by atoms with Crippen molar-refractivity contribution in [2.75, 3.05) is 18.0 Å². The molecule has 106 valence electrons. The summed E-state index contributed by atoms with van der Waals surface area (Å²) < 4.78 is 0. The van der Waals surface area contributed by atoms with Gasteiger partial charge in [-0.05, 0) is 64.3 Å². The largest absolute Gasteiger partial charge is 0.366 e. The molecule has 1 fully saturated rings. The van der Waals surface area contributed by atoms with E-state index < -0.39 is 0 Å². The molecule has 0 saturated carbocycles. The standard InChI is InChI=1S/C17H28N2/c1-5-12-18-14(2)15-7-9-16(10-8-15)19-13-6-11-17(19,3)4/h7-10,14,18H,5-6,11-13H2,1-4H3. The fourth-order valence-corrected chi connectivity index (χ4v) is 3.01. The molecule has 0 radical (unpaired) electrons. The molecule has 1 atom stereocenters. The van der Waals surface area contributed by atoms with Crippen LogP contribution in [-0.2, 0) is 0 Å². The molecule has 0 aliphatic carbocycles. The topological polar surface area (TPSA) is 15.3 Å². The van der Waals surface area contributed by atoms with E-state index in [4.69, 9.17) is 0 Å². The van der Waals surface area contributed by atoms with Crippen LogP contribution in [0.4, 0.5) is 5.69 Å². The van der Waals surface area contributed by atoms with E-state index in [0.29, 0.717) is 11.6 Å².